The topological polar surface area (TPSA) is 80.1 Å². The van der Waals surface area contributed by atoms with E-state index in [0.717, 1.165) is 45.3 Å². The fourth-order valence-corrected chi connectivity index (χ4v) is 7.46. The van der Waals surface area contributed by atoms with Crippen LogP contribution in [0.15, 0.2) is 107 Å². The van der Waals surface area contributed by atoms with Crippen LogP contribution in [0.1, 0.15) is 70.2 Å². The first-order valence-electron chi connectivity index (χ1n) is 17.4. The van der Waals surface area contributed by atoms with Crippen molar-refractivity contribution in [1.82, 2.24) is 0 Å². The van der Waals surface area contributed by atoms with Gasteiger partial charge in [0, 0.05) is 22.3 Å². The molecule has 0 N–H and O–H groups in total. The second-order valence-corrected chi connectivity index (χ2v) is 15.3. The number of methoxy groups -OCH3 is 4. The van der Waals surface area contributed by atoms with Crippen LogP contribution in [0.5, 0.6) is 23.0 Å². The number of hydrogen-bond acceptors (Lipinski definition) is 8. The zero-order chi connectivity index (χ0) is 36.6. The predicted octanol–water partition coefficient (Wildman–Crippen LogP) is 2.99. The van der Waals surface area contributed by atoms with Crippen LogP contribution in [-0.4, -0.2) is 52.3 Å². The first-order chi connectivity index (χ1) is 24.3. The average molecular weight is 909 g/mol. The van der Waals surface area contributed by atoms with E-state index < -0.39 is 11.2 Å². The van der Waals surface area contributed by atoms with Gasteiger partial charge in [-0.05, 0) is 59.4 Å². The molecular weight excluding hydrogens is 859 g/mol. The van der Waals surface area contributed by atoms with Crippen LogP contribution in [0, 0.1) is 10.8 Å². The molecule has 4 aromatic rings. The van der Waals surface area contributed by atoms with Crippen LogP contribution in [0.25, 0.3) is 0 Å². The summed E-state index contributed by atoms with van der Waals surface area (Å²) in [6.45, 7) is 13.2. The third kappa shape index (κ3) is 8.34. The van der Waals surface area contributed by atoms with Gasteiger partial charge in [0.1, 0.15) is 35.1 Å². The van der Waals surface area contributed by atoms with Crippen molar-refractivity contribution in [2.75, 3.05) is 28.4 Å². The molecule has 0 radical (unpaired) electrons. The number of halogens is 2. The van der Waals surface area contributed by atoms with Gasteiger partial charge in [0.25, 0.3) is 0 Å². The van der Waals surface area contributed by atoms with Gasteiger partial charge in [-0.3, -0.25) is 0 Å². The van der Waals surface area contributed by atoms with Crippen molar-refractivity contribution < 1.29 is 78.9 Å². The van der Waals surface area contributed by atoms with Crippen molar-refractivity contribution >= 4 is 11.8 Å². The van der Waals surface area contributed by atoms with E-state index in [2.05, 4.69) is 90.1 Å². The predicted molar refractivity (Wildman–Crippen MR) is 202 cm³/mol. The van der Waals surface area contributed by atoms with E-state index in [1.807, 2.05) is 48.5 Å². The molecule has 2 atom stereocenters. The molecule has 2 aliphatic rings. The Morgan fingerprint density at radius 2 is 0.685 bits per heavy atom. The van der Waals surface area contributed by atoms with Gasteiger partial charge in [0.05, 0.1) is 34.9 Å². The number of nitrogens with zero attached hydrogens (tertiary/aromatic N) is 2. The van der Waals surface area contributed by atoms with Crippen LogP contribution in [0.2, 0.25) is 0 Å². The van der Waals surface area contributed by atoms with E-state index in [4.69, 9.17) is 38.4 Å². The molecule has 6 rings (SSSR count). The summed E-state index contributed by atoms with van der Waals surface area (Å²) in [6, 6.07) is 31.7. The molecule has 4 aromatic carbocycles. The number of ether oxygens (including phenoxy) is 6. The zero-order valence-corrected chi connectivity index (χ0v) is 36.7. The molecule has 0 saturated carbocycles. The Labute approximate surface area is 351 Å². The third-order valence-corrected chi connectivity index (χ3v) is 9.89. The van der Waals surface area contributed by atoms with Gasteiger partial charge >= 0.3 is 16.5 Å². The SMILES string of the molecule is COc1ccc(C2(c3ccc(OC)cc3)OC(CC3=N[C@H](C(C)(C)C)C(c4ccc(OC)cc4)(c4ccc(OC)cc4)O3)=N[C@@H]2C(C)(C)C)cc1.[Br-].[Br-].[Ni+2]. The summed E-state index contributed by atoms with van der Waals surface area (Å²) >= 11 is 0. The molecule has 54 heavy (non-hydrogen) atoms. The summed E-state index contributed by atoms with van der Waals surface area (Å²) in [7, 11) is 6.68. The summed E-state index contributed by atoms with van der Waals surface area (Å²) in [5.41, 5.74) is 1.45. The minimum Gasteiger partial charge on any atom is -1.00 e. The van der Waals surface area contributed by atoms with Gasteiger partial charge in [-0.1, -0.05) is 90.1 Å². The molecule has 0 amide bonds. The van der Waals surface area contributed by atoms with E-state index >= 15 is 0 Å². The Bertz CT molecular complexity index is 1650. The molecule has 292 valence electrons. The molecule has 0 aromatic heterocycles. The summed E-state index contributed by atoms with van der Waals surface area (Å²) in [5.74, 6) is 4.20. The second kappa shape index (κ2) is 17.5. The van der Waals surface area contributed by atoms with Gasteiger partial charge in [-0.15, -0.1) is 0 Å². The molecule has 0 bridgehead atoms. The molecule has 2 aliphatic heterocycles. The number of aliphatic imine (C=N–C) groups is 2. The van der Waals surface area contributed by atoms with E-state index in [-0.39, 0.29) is 79.8 Å². The van der Waals surface area contributed by atoms with Crippen molar-refractivity contribution in [3.05, 3.63) is 119 Å². The maximum atomic E-state index is 7.20. The van der Waals surface area contributed by atoms with E-state index in [1.54, 1.807) is 28.4 Å². The van der Waals surface area contributed by atoms with Crippen LogP contribution in [0.4, 0.5) is 0 Å². The smallest absolute Gasteiger partial charge is 1.00 e. The number of rotatable bonds is 10. The Hall–Kier alpha value is -3.53. The summed E-state index contributed by atoms with van der Waals surface area (Å²) in [4.78, 5) is 10.8. The van der Waals surface area contributed by atoms with E-state index in [9.17, 15) is 0 Å². The van der Waals surface area contributed by atoms with Crippen LogP contribution >= 0.6 is 0 Å². The maximum Gasteiger partial charge on any atom is 2.00 e. The molecule has 0 fully saturated rings. The largest absolute Gasteiger partial charge is 2.00 e. The first kappa shape index (κ1) is 44.9. The van der Waals surface area contributed by atoms with Gasteiger partial charge in [0.2, 0.25) is 0 Å². The third-order valence-electron chi connectivity index (χ3n) is 9.89. The first-order valence-corrected chi connectivity index (χ1v) is 17.4. The summed E-state index contributed by atoms with van der Waals surface area (Å²) < 4.78 is 36.5. The van der Waals surface area contributed by atoms with Gasteiger partial charge in [0.15, 0.2) is 23.0 Å². The average Bonchev–Trinajstić information content (AvgIpc) is 3.73. The van der Waals surface area contributed by atoms with Crippen LogP contribution in [0.3, 0.4) is 0 Å². The van der Waals surface area contributed by atoms with Crippen molar-refractivity contribution in [3.63, 3.8) is 0 Å². The molecule has 0 saturated heterocycles. The minimum absolute atomic E-state index is 0. The molecule has 2 heterocycles. The second-order valence-electron chi connectivity index (χ2n) is 15.3. The van der Waals surface area contributed by atoms with Gasteiger partial charge in [-0.25, -0.2) is 9.98 Å². The molecule has 8 nitrogen and oxygen atoms in total. The quantitative estimate of drug-likeness (QED) is 0.228. The van der Waals surface area contributed by atoms with Gasteiger partial charge < -0.3 is 62.4 Å². The van der Waals surface area contributed by atoms with Crippen molar-refractivity contribution in [3.8, 4) is 23.0 Å². The van der Waals surface area contributed by atoms with Crippen molar-refractivity contribution in [2.45, 2.75) is 71.2 Å². The van der Waals surface area contributed by atoms with E-state index in [0.29, 0.717) is 11.8 Å². The fourth-order valence-electron chi connectivity index (χ4n) is 7.46. The molecule has 0 spiro atoms. The molecule has 0 unspecified atom stereocenters. The number of hydrogen-bond donors (Lipinski definition) is 0. The Kier molecular flexibility index (Phi) is 14.6. The van der Waals surface area contributed by atoms with Crippen LogP contribution < -0.4 is 52.9 Å². The van der Waals surface area contributed by atoms with Crippen molar-refractivity contribution in [1.29, 1.82) is 0 Å². The normalized spacial score (nSPS) is 18.3. The summed E-state index contributed by atoms with van der Waals surface area (Å²) in [5, 5.41) is 0. The maximum absolute atomic E-state index is 7.20. The Morgan fingerprint density at radius 1 is 0.463 bits per heavy atom. The Morgan fingerprint density at radius 3 is 0.870 bits per heavy atom. The van der Waals surface area contributed by atoms with Gasteiger partial charge in [-0.2, -0.15) is 0 Å². The molecule has 0 aliphatic carbocycles. The fraction of sp³-hybridized carbons (Fsp3) is 0.395. The van der Waals surface area contributed by atoms with Crippen LogP contribution in [-0.2, 0) is 37.2 Å². The van der Waals surface area contributed by atoms with Crippen molar-refractivity contribution in [2.24, 2.45) is 20.8 Å². The molecular formula is C43H50Br2N2NiO6. The number of benzene rings is 4. The molecule has 11 heteroatoms. The standard InChI is InChI=1S/C43H50N2O6.2BrH.Ni/c1-40(2,3)38-42(28-11-19-32(46-7)20-12-28,29-13-21-33(47-8)22-14-29)50-36(44-38)27-37-45-39(41(4,5)6)43(51-37,30-15-23-34(48-9)24-16-30)31-17-25-35(49-10)26-18-31;;;/h11-26,38-39H,27H2,1-10H3;2*1H;/q;;;+2/p-2/t38-,39-;;;/m1.../s1. The van der Waals surface area contributed by atoms with E-state index in [1.165, 1.54) is 0 Å². The summed E-state index contributed by atoms with van der Waals surface area (Å²) in [6.07, 6.45) is 0.279. The minimum atomic E-state index is -0.933. The zero-order valence-electron chi connectivity index (χ0n) is 32.5. The Balaban J connectivity index is 0.00000261. The monoisotopic (exact) mass is 906 g/mol.